The average molecular weight is 475 g/mol. The third kappa shape index (κ3) is 5.98. The molecule has 2 aromatic rings. The van der Waals surface area contributed by atoms with E-state index in [9.17, 15) is 22.7 Å². The molecule has 2 aromatic carbocycles. The van der Waals surface area contributed by atoms with Crippen molar-refractivity contribution in [2.24, 2.45) is 0 Å². The van der Waals surface area contributed by atoms with Gasteiger partial charge in [-0.2, -0.15) is 4.39 Å². The van der Waals surface area contributed by atoms with Crippen LogP contribution in [0, 0.1) is 11.6 Å². The molecule has 0 aliphatic heterocycles. The number of rotatable bonds is 9. The first-order valence-electron chi connectivity index (χ1n) is 11.5. The Morgan fingerprint density at radius 2 is 1.59 bits per heavy atom. The fourth-order valence-corrected chi connectivity index (χ4v) is 4.26. The molecule has 6 heteroatoms. The van der Waals surface area contributed by atoms with Crippen molar-refractivity contribution in [2.75, 3.05) is 6.61 Å². The summed E-state index contributed by atoms with van der Waals surface area (Å²) in [5.74, 6) is -4.42. The lowest BCUT2D eigenvalue weighted by Gasteiger charge is -2.26. The second kappa shape index (κ2) is 11.5. The van der Waals surface area contributed by atoms with E-state index in [0.717, 1.165) is 5.56 Å². The molecule has 0 atom stereocenters. The lowest BCUT2D eigenvalue weighted by molar-refractivity contribution is 0.122. The molecule has 2 nitrogen and oxygen atoms in total. The van der Waals surface area contributed by atoms with Crippen LogP contribution in [-0.4, -0.2) is 17.8 Å². The Morgan fingerprint density at radius 3 is 2.21 bits per heavy atom. The largest absolute Gasteiger partial charge is 0.491 e. The molecule has 1 N–H and O–H groups in total. The molecule has 182 valence electrons. The molecule has 0 amide bonds. The van der Waals surface area contributed by atoms with Crippen molar-refractivity contribution in [3.05, 3.63) is 95.3 Å². The van der Waals surface area contributed by atoms with Gasteiger partial charge in [-0.1, -0.05) is 49.6 Å². The van der Waals surface area contributed by atoms with Crippen LogP contribution in [0.2, 0.25) is 0 Å². The van der Waals surface area contributed by atoms with Crippen LogP contribution in [0.25, 0.3) is 11.1 Å². The van der Waals surface area contributed by atoms with Gasteiger partial charge in [-0.3, -0.25) is 0 Å². The molecule has 3 rings (SSSR count). The molecule has 0 unspecified atom stereocenters. The first kappa shape index (κ1) is 25.8. The summed E-state index contributed by atoms with van der Waals surface area (Å²) in [6, 6.07) is 10.1. The number of hydrogen-bond acceptors (Lipinski definition) is 2. The van der Waals surface area contributed by atoms with Crippen LogP contribution in [0.15, 0.2) is 72.5 Å². The number of allylic oxidation sites excluding steroid dienone is 3. The third-order valence-electron chi connectivity index (χ3n) is 6.30. The van der Waals surface area contributed by atoms with E-state index in [1.807, 2.05) is 0 Å². The predicted octanol–water partition coefficient (Wildman–Crippen LogP) is 7.84. The molecule has 0 radical (unpaired) electrons. The van der Waals surface area contributed by atoms with Gasteiger partial charge in [0.25, 0.3) is 0 Å². The summed E-state index contributed by atoms with van der Waals surface area (Å²) >= 11 is 0. The molecule has 1 aliphatic rings. The fraction of sp³-hybridized carbons (Fsp3) is 0.357. The van der Waals surface area contributed by atoms with Crippen molar-refractivity contribution in [2.45, 2.75) is 57.5 Å². The minimum atomic E-state index is -1.16. The van der Waals surface area contributed by atoms with Gasteiger partial charge in [0, 0.05) is 5.56 Å². The van der Waals surface area contributed by atoms with Crippen molar-refractivity contribution >= 4 is 0 Å². The monoisotopic (exact) mass is 474 g/mol. The van der Waals surface area contributed by atoms with Crippen LogP contribution in [0.4, 0.5) is 17.6 Å². The van der Waals surface area contributed by atoms with E-state index in [1.54, 1.807) is 43.3 Å². The maximum atomic E-state index is 14.9. The van der Waals surface area contributed by atoms with E-state index >= 15 is 0 Å². The van der Waals surface area contributed by atoms with Gasteiger partial charge < -0.3 is 9.84 Å². The zero-order valence-electron chi connectivity index (χ0n) is 19.4. The zero-order chi connectivity index (χ0) is 24.8. The highest BCUT2D eigenvalue weighted by atomic mass is 19.2. The molecule has 0 saturated heterocycles. The molecule has 0 spiro atoms. The molecule has 0 bridgehead atoms. The Hall–Kier alpha value is -2.86. The number of aliphatic hydroxyl groups is 1. The van der Waals surface area contributed by atoms with Gasteiger partial charge >= 0.3 is 0 Å². The second-order valence-corrected chi connectivity index (χ2v) is 8.62. The van der Waals surface area contributed by atoms with Crippen LogP contribution in [0.1, 0.15) is 56.1 Å². The molecule has 1 aliphatic carbocycles. The van der Waals surface area contributed by atoms with Crippen molar-refractivity contribution in [3.8, 4) is 11.1 Å². The highest BCUT2D eigenvalue weighted by molar-refractivity contribution is 5.65. The van der Waals surface area contributed by atoms with E-state index < -0.39 is 23.3 Å². The maximum Gasteiger partial charge on any atom is 0.200 e. The van der Waals surface area contributed by atoms with Gasteiger partial charge in [-0.25, -0.2) is 13.2 Å². The highest BCUT2D eigenvalue weighted by Crippen LogP contribution is 2.37. The van der Waals surface area contributed by atoms with Crippen LogP contribution < -0.4 is 0 Å². The summed E-state index contributed by atoms with van der Waals surface area (Å²) in [6.45, 7) is 8.77. The normalized spacial score (nSPS) is 18.9. The van der Waals surface area contributed by atoms with Gasteiger partial charge in [0.2, 0.25) is 0 Å². The number of hydrogen-bond donors (Lipinski definition) is 1. The van der Waals surface area contributed by atoms with Crippen LogP contribution >= 0.6 is 0 Å². The van der Waals surface area contributed by atoms with E-state index in [-0.39, 0.29) is 41.9 Å². The highest BCUT2D eigenvalue weighted by Gasteiger charge is 2.25. The smallest absolute Gasteiger partial charge is 0.200 e. The van der Waals surface area contributed by atoms with Gasteiger partial charge in [0.05, 0.1) is 12.7 Å². The zero-order valence-corrected chi connectivity index (χ0v) is 19.4. The molecular weight excluding hydrogens is 444 g/mol. The van der Waals surface area contributed by atoms with E-state index in [0.29, 0.717) is 43.2 Å². The first-order chi connectivity index (χ1) is 16.2. The number of aliphatic hydroxyl groups excluding tert-OH is 1. The Balaban J connectivity index is 1.67. The summed E-state index contributed by atoms with van der Waals surface area (Å²) in [6.07, 6.45) is 2.66. The number of ether oxygens (including phenoxy) is 1. The van der Waals surface area contributed by atoms with Gasteiger partial charge in [0.15, 0.2) is 29.0 Å². The Bertz CT molecular complexity index is 1060. The lowest BCUT2D eigenvalue weighted by Crippen LogP contribution is -2.18. The Kier molecular flexibility index (Phi) is 8.72. The second-order valence-electron chi connectivity index (χ2n) is 8.62. The topological polar surface area (TPSA) is 29.5 Å². The summed E-state index contributed by atoms with van der Waals surface area (Å²) in [5, 5.41) is 9.66. The minimum Gasteiger partial charge on any atom is -0.491 e. The predicted molar refractivity (Wildman–Crippen MR) is 126 cm³/mol. The molecule has 34 heavy (non-hydrogen) atoms. The Labute approximate surface area is 198 Å². The number of halogens is 4. The Morgan fingerprint density at radius 1 is 0.941 bits per heavy atom. The van der Waals surface area contributed by atoms with Crippen molar-refractivity contribution in [3.63, 3.8) is 0 Å². The lowest BCUT2D eigenvalue weighted by atomic mass is 9.82. The van der Waals surface area contributed by atoms with Crippen molar-refractivity contribution in [1.82, 2.24) is 0 Å². The van der Waals surface area contributed by atoms with Crippen molar-refractivity contribution < 1.29 is 27.4 Å². The standard InChI is InChI=1S/C28H30F4O2/c1-4-34-18(3)26(30)25(29)17(2)5-6-19-7-9-20(10-8-19)23-15-16-24(28(32)27(23)31)21-11-13-22(33)14-12-21/h7-10,15-16,21-22,33H,2-6,11-14H2,1H3/b26-25-. The molecule has 0 aromatic heterocycles. The minimum absolute atomic E-state index is 0.0126. The van der Waals surface area contributed by atoms with Crippen molar-refractivity contribution in [1.29, 1.82) is 0 Å². The number of benzene rings is 2. The van der Waals surface area contributed by atoms with E-state index in [2.05, 4.69) is 13.2 Å². The summed E-state index contributed by atoms with van der Waals surface area (Å²) < 4.78 is 62.8. The summed E-state index contributed by atoms with van der Waals surface area (Å²) in [4.78, 5) is 0. The van der Waals surface area contributed by atoms with Gasteiger partial charge in [-0.15, -0.1) is 0 Å². The first-order valence-corrected chi connectivity index (χ1v) is 11.5. The molecule has 1 saturated carbocycles. The fourth-order valence-electron chi connectivity index (χ4n) is 4.26. The van der Waals surface area contributed by atoms with Crippen LogP contribution in [0.3, 0.4) is 0 Å². The molecule has 0 heterocycles. The molecular formula is C28H30F4O2. The molecule has 1 fully saturated rings. The summed E-state index contributed by atoms with van der Waals surface area (Å²) in [7, 11) is 0. The SMILES string of the molecule is C=C(CCc1ccc(-c2ccc(C3CCC(O)CC3)c(F)c2F)cc1)/C(F)=C(/F)C(=C)OCC. The van der Waals surface area contributed by atoms with Gasteiger partial charge in [-0.05, 0) is 73.6 Å². The summed E-state index contributed by atoms with van der Waals surface area (Å²) in [5.41, 5.74) is 1.85. The third-order valence-corrected chi connectivity index (χ3v) is 6.30. The maximum absolute atomic E-state index is 14.9. The average Bonchev–Trinajstić information content (AvgIpc) is 2.84. The van der Waals surface area contributed by atoms with Crippen LogP contribution in [-0.2, 0) is 11.2 Å². The van der Waals surface area contributed by atoms with E-state index in [4.69, 9.17) is 4.74 Å². The van der Waals surface area contributed by atoms with Gasteiger partial charge in [0.1, 0.15) is 0 Å². The van der Waals surface area contributed by atoms with E-state index in [1.165, 1.54) is 0 Å². The quantitative estimate of drug-likeness (QED) is 0.228. The van der Waals surface area contributed by atoms with Crippen LogP contribution in [0.5, 0.6) is 0 Å². The number of aryl methyl sites for hydroxylation is 1.